The Labute approximate surface area is 163 Å². The van der Waals surface area contributed by atoms with Crippen LogP contribution in [0.5, 0.6) is 0 Å². The highest BCUT2D eigenvalue weighted by atomic mass is 16.2. The molecule has 0 aliphatic heterocycles. The second-order valence-corrected chi connectivity index (χ2v) is 9.09. The van der Waals surface area contributed by atoms with E-state index in [0.29, 0.717) is 0 Å². The summed E-state index contributed by atoms with van der Waals surface area (Å²) in [6.45, 7) is 0. The van der Waals surface area contributed by atoms with E-state index in [9.17, 15) is 4.79 Å². The topological polar surface area (TPSA) is 72.2 Å². The van der Waals surface area contributed by atoms with E-state index in [1.54, 1.807) is 10.8 Å². The van der Waals surface area contributed by atoms with Gasteiger partial charge in [-0.3, -0.25) is 4.79 Å². The number of benzene rings is 1. The molecule has 1 aromatic carbocycles. The number of hydrogen-bond donors (Lipinski definition) is 1. The first-order valence-corrected chi connectivity index (χ1v) is 10.3. The van der Waals surface area contributed by atoms with Crippen LogP contribution in [0.25, 0.3) is 16.9 Å². The van der Waals surface area contributed by atoms with Gasteiger partial charge in [0.15, 0.2) is 5.65 Å². The van der Waals surface area contributed by atoms with Crippen LogP contribution in [0.4, 0.5) is 5.69 Å². The van der Waals surface area contributed by atoms with Crippen LogP contribution in [-0.4, -0.2) is 25.7 Å². The highest BCUT2D eigenvalue weighted by Gasteiger charge is 2.54. The Bertz CT molecular complexity index is 1040. The Morgan fingerprint density at radius 3 is 2.54 bits per heavy atom. The molecule has 6 nitrogen and oxygen atoms in total. The zero-order valence-corrected chi connectivity index (χ0v) is 15.7. The van der Waals surface area contributed by atoms with Gasteiger partial charge in [-0.2, -0.15) is 9.61 Å². The Balaban J connectivity index is 1.27. The number of nitrogens with zero attached hydrogens (tertiary/aromatic N) is 4. The van der Waals surface area contributed by atoms with Gasteiger partial charge in [-0.05, 0) is 80.5 Å². The molecule has 0 atom stereocenters. The molecule has 4 aliphatic rings. The third-order valence-corrected chi connectivity index (χ3v) is 7.10. The summed E-state index contributed by atoms with van der Waals surface area (Å²) in [5.41, 5.74) is 3.24. The lowest BCUT2D eigenvalue weighted by molar-refractivity contribution is -0.140. The zero-order valence-electron chi connectivity index (χ0n) is 15.7. The van der Waals surface area contributed by atoms with Crippen molar-refractivity contribution in [3.63, 3.8) is 0 Å². The molecule has 4 bridgehead atoms. The minimum Gasteiger partial charge on any atom is -0.326 e. The molecule has 7 rings (SSSR count). The van der Waals surface area contributed by atoms with E-state index in [-0.39, 0.29) is 11.3 Å². The van der Waals surface area contributed by atoms with Crippen LogP contribution < -0.4 is 5.32 Å². The number of anilines is 1. The summed E-state index contributed by atoms with van der Waals surface area (Å²) >= 11 is 0. The van der Waals surface area contributed by atoms with E-state index < -0.39 is 0 Å². The molecule has 4 saturated carbocycles. The van der Waals surface area contributed by atoms with Gasteiger partial charge in [-0.15, -0.1) is 10.2 Å². The highest BCUT2D eigenvalue weighted by molar-refractivity contribution is 5.96. The summed E-state index contributed by atoms with van der Waals surface area (Å²) < 4.78 is 1.66. The molecular formula is C22H23N5O. The summed E-state index contributed by atoms with van der Waals surface area (Å²) in [7, 11) is 0. The minimum atomic E-state index is -0.135. The first kappa shape index (κ1) is 16.2. The first-order chi connectivity index (χ1) is 13.7. The van der Waals surface area contributed by atoms with Gasteiger partial charge >= 0.3 is 0 Å². The molecule has 1 amide bonds. The van der Waals surface area contributed by atoms with Crippen LogP contribution in [0.15, 0.2) is 42.7 Å². The van der Waals surface area contributed by atoms with Gasteiger partial charge in [0, 0.05) is 11.3 Å². The molecule has 28 heavy (non-hydrogen) atoms. The van der Waals surface area contributed by atoms with E-state index in [1.165, 1.54) is 19.3 Å². The first-order valence-electron chi connectivity index (χ1n) is 10.3. The molecule has 2 aromatic heterocycles. The maximum absolute atomic E-state index is 13.3. The van der Waals surface area contributed by atoms with Crippen molar-refractivity contribution in [1.29, 1.82) is 0 Å². The molecular weight excluding hydrogens is 350 g/mol. The van der Waals surface area contributed by atoms with E-state index in [2.05, 4.69) is 20.6 Å². The average molecular weight is 373 g/mol. The zero-order chi connectivity index (χ0) is 18.7. The van der Waals surface area contributed by atoms with Crippen LogP contribution in [0.1, 0.15) is 38.5 Å². The van der Waals surface area contributed by atoms with Crippen LogP contribution in [0.2, 0.25) is 0 Å². The van der Waals surface area contributed by atoms with Crippen LogP contribution in [0.3, 0.4) is 0 Å². The summed E-state index contributed by atoms with van der Waals surface area (Å²) in [5.74, 6) is 2.53. The molecule has 3 aromatic rings. The Morgan fingerprint density at radius 1 is 1.04 bits per heavy atom. The predicted octanol–water partition coefficient (Wildman–Crippen LogP) is 3.95. The number of rotatable bonds is 3. The molecule has 0 radical (unpaired) electrons. The Morgan fingerprint density at radius 2 is 1.79 bits per heavy atom. The lowest BCUT2D eigenvalue weighted by atomic mass is 9.49. The number of amides is 1. The second kappa shape index (κ2) is 5.87. The number of hydrogen-bond acceptors (Lipinski definition) is 4. The van der Waals surface area contributed by atoms with E-state index in [4.69, 9.17) is 0 Å². The standard InChI is InChI=1S/C22H23N5O/c28-21(22-10-14-6-15(11-22)8-16(7-14)12-22)24-18-3-1-2-17(9-18)19-4-5-20-25-23-13-27(20)26-19/h1-5,9,13-16H,6-8,10-12H2,(H,24,28). The molecule has 4 fully saturated rings. The largest absolute Gasteiger partial charge is 0.326 e. The van der Waals surface area contributed by atoms with Crippen LogP contribution in [0, 0.1) is 23.2 Å². The van der Waals surface area contributed by atoms with Crippen molar-refractivity contribution < 1.29 is 4.79 Å². The number of carbonyl (C=O) groups excluding carboxylic acids is 1. The summed E-state index contributed by atoms with van der Waals surface area (Å²) in [6, 6.07) is 11.8. The normalized spacial score (nSPS) is 30.6. The lowest BCUT2D eigenvalue weighted by Crippen LogP contribution is -2.51. The van der Waals surface area contributed by atoms with Gasteiger partial charge in [0.25, 0.3) is 0 Å². The van der Waals surface area contributed by atoms with Crippen LogP contribution in [-0.2, 0) is 4.79 Å². The third kappa shape index (κ3) is 2.54. The third-order valence-electron chi connectivity index (χ3n) is 7.10. The maximum Gasteiger partial charge on any atom is 0.230 e. The van der Waals surface area contributed by atoms with Gasteiger partial charge in [-0.25, -0.2) is 0 Å². The number of nitrogens with one attached hydrogen (secondary N) is 1. The monoisotopic (exact) mass is 373 g/mol. The molecule has 142 valence electrons. The summed E-state index contributed by atoms with van der Waals surface area (Å²) in [4.78, 5) is 13.3. The molecule has 4 aliphatic carbocycles. The molecule has 0 unspecified atom stereocenters. The van der Waals surface area contributed by atoms with Crippen molar-refractivity contribution in [3.8, 4) is 11.3 Å². The molecule has 0 spiro atoms. The van der Waals surface area contributed by atoms with Crippen molar-refractivity contribution in [3.05, 3.63) is 42.7 Å². The smallest absolute Gasteiger partial charge is 0.230 e. The predicted molar refractivity (Wildman–Crippen MR) is 105 cm³/mol. The minimum absolute atomic E-state index is 0.135. The average Bonchev–Trinajstić information content (AvgIpc) is 3.15. The fourth-order valence-corrected chi connectivity index (χ4v) is 6.29. The Kier molecular flexibility index (Phi) is 3.40. The fourth-order valence-electron chi connectivity index (χ4n) is 6.29. The van der Waals surface area contributed by atoms with E-state index in [1.807, 2.05) is 36.4 Å². The van der Waals surface area contributed by atoms with Crippen molar-refractivity contribution in [2.24, 2.45) is 23.2 Å². The van der Waals surface area contributed by atoms with Gasteiger partial charge in [0.05, 0.1) is 11.1 Å². The highest BCUT2D eigenvalue weighted by Crippen LogP contribution is 2.60. The fraction of sp³-hybridized carbons (Fsp3) is 0.455. The van der Waals surface area contributed by atoms with Gasteiger partial charge in [-0.1, -0.05) is 12.1 Å². The van der Waals surface area contributed by atoms with Crippen molar-refractivity contribution in [2.45, 2.75) is 38.5 Å². The SMILES string of the molecule is O=C(Nc1cccc(-c2ccc3nncn3n2)c1)C12CC3CC(CC(C3)C1)C2. The number of fused-ring (bicyclic) bond motifs is 1. The van der Waals surface area contributed by atoms with Gasteiger partial charge in [0.2, 0.25) is 5.91 Å². The number of aromatic nitrogens is 4. The van der Waals surface area contributed by atoms with E-state index in [0.717, 1.165) is 59.6 Å². The van der Waals surface area contributed by atoms with Crippen molar-refractivity contribution in [2.75, 3.05) is 5.32 Å². The second-order valence-electron chi connectivity index (χ2n) is 9.09. The maximum atomic E-state index is 13.3. The van der Waals surface area contributed by atoms with Gasteiger partial charge < -0.3 is 5.32 Å². The van der Waals surface area contributed by atoms with Crippen LogP contribution >= 0.6 is 0 Å². The quantitative estimate of drug-likeness (QED) is 0.755. The molecule has 2 heterocycles. The lowest BCUT2D eigenvalue weighted by Gasteiger charge is -2.55. The van der Waals surface area contributed by atoms with Crippen molar-refractivity contribution in [1.82, 2.24) is 19.8 Å². The van der Waals surface area contributed by atoms with Crippen molar-refractivity contribution >= 4 is 17.2 Å². The summed E-state index contributed by atoms with van der Waals surface area (Å²) in [5, 5.41) is 15.7. The molecule has 0 saturated heterocycles. The molecule has 1 N–H and O–H groups in total. The summed E-state index contributed by atoms with van der Waals surface area (Å²) in [6.07, 6.45) is 8.87. The Hall–Kier alpha value is -2.76. The van der Waals surface area contributed by atoms with Gasteiger partial charge in [0.1, 0.15) is 6.33 Å². The molecule has 6 heteroatoms. The number of carbonyl (C=O) groups is 1. The van der Waals surface area contributed by atoms with E-state index >= 15 is 0 Å².